The van der Waals surface area contributed by atoms with Gasteiger partial charge >= 0.3 is 0 Å². The summed E-state index contributed by atoms with van der Waals surface area (Å²) in [5.41, 5.74) is 2.41. The molecule has 3 nitrogen and oxygen atoms in total. The number of rotatable bonds is 6. The Balaban J connectivity index is 1.70. The van der Waals surface area contributed by atoms with Crippen molar-refractivity contribution in [1.82, 2.24) is 4.98 Å². The van der Waals surface area contributed by atoms with Gasteiger partial charge in [0.1, 0.15) is 17.5 Å². The van der Waals surface area contributed by atoms with Crippen LogP contribution in [0.25, 0.3) is 0 Å². The molecule has 2 N–H and O–H groups in total. The molecule has 25 heavy (non-hydrogen) atoms. The highest BCUT2D eigenvalue weighted by Crippen LogP contribution is 2.32. The minimum atomic E-state index is -0.507. The predicted molar refractivity (Wildman–Crippen MR) is 102 cm³/mol. The van der Waals surface area contributed by atoms with E-state index in [1.54, 1.807) is 17.6 Å². The summed E-state index contributed by atoms with van der Waals surface area (Å²) in [6.07, 6.45) is 0. The van der Waals surface area contributed by atoms with E-state index < -0.39 is 11.6 Å². The van der Waals surface area contributed by atoms with Gasteiger partial charge in [-0.2, -0.15) is 0 Å². The zero-order valence-electron chi connectivity index (χ0n) is 12.5. The Bertz CT molecular complexity index is 876. The number of nitrogens with one attached hydrogen (secondary N) is 2. The average molecular weight is 418 g/mol. The van der Waals surface area contributed by atoms with E-state index in [0.29, 0.717) is 27.0 Å². The van der Waals surface area contributed by atoms with Gasteiger partial charge in [-0.25, -0.2) is 13.8 Å². The number of anilines is 2. The Morgan fingerprint density at radius 2 is 2.00 bits per heavy atom. The fraction of sp³-hybridized carbons (Fsp3) is 0.0625. The summed E-state index contributed by atoms with van der Waals surface area (Å²) in [6, 6.07) is 7.48. The minimum absolute atomic E-state index is 0.0384. The van der Waals surface area contributed by atoms with Crippen molar-refractivity contribution < 1.29 is 8.78 Å². The second-order valence-corrected chi connectivity index (χ2v) is 7.29. The van der Waals surface area contributed by atoms with Crippen molar-refractivity contribution in [2.75, 3.05) is 10.0 Å². The second-order valence-electron chi connectivity index (χ2n) is 4.91. The van der Waals surface area contributed by atoms with Crippen molar-refractivity contribution >= 4 is 58.0 Å². The van der Waals surface area contributed by atoms with Gasteiger partial charge in [0.05, 0.1) is 26.1 Å². The number of benzene rings is 2. The van der Waals surface area contributed by atoms with Crippen LogP contribution < -0.4 is 10.0 Å². The first kappa shape index (κ1) is 18.3. The van der Waals surface area contributed by atoms with Crippen LogP contribution in [0.3, 0.4) is 0 Å². The van der Waals surface area contributed by atoms with Crippen LogP contribution in [0.5, 0.6) is 0 Å². The van der Waals surface area contributed by atoms with Crippen LogP contribution in [0.4, 0.5) is 20.3 Å². The summed E-state index contributed by atoms with van der Waals surface area (Å²) in [4.78, 5) is 4.38. The molecule has 0 fully saturated rings. The van der Waals surface area contributed by atoms with E-state index in [-0.39, 0.29) is 11.6 Å². The fourth-order valence-corrected chi connectivity index (χ4v) is 3.70. The lowest BCUT2D eigenvalue weighted by molar-refractivity contribution is 0.602. The first-order chi connectivity index (χ1) is 12.0. The van der Waals surface area contributed by atoms with Gasteiger partial charge in [0.15, 0.2) is 0 Å². The van der Waals surface area contributed by atoms with Crippen molar-refractivity contribution in [3.8, 4) is 0 Å². The van der Waals surface area contributed by atoms with Crippen molar-refractivity contribution in [2.24, 2.45) is 0 Å². The number of nitrogens with zero attached hydrogens (tertiary/aromatic N) is 1. The first-order valence-corrected chi connectivity index (χ1v) is 9.53. The zero-order chi connectivity index (χ0) is 17.8. The van der Waals surface area contributed by atoms with Crippen molar-refractivity contribution in [1.29, 1.82) is 0 Å². The normalized spacial score (nSPS) is 10.7. The van der Waals surface area contributed by atoms with Crippen molar-refractivity contribution in [3.63, 3.8) is 0 Å². The average Bonchev–Trinajstić information content (AvgIpc) is 3.11. The van der Waals surface area contributed by atoms with Gasteiger partial charge in [0.25, 0.3) is 0 Å². The van der Waals surface area contributed by atoms with Crippen LogP contribution in [0.2, 0.25) is 10.0 Å². The fourth-order valence-electron chi connectivity index (χ4n) is 1.99. The highest BCUT2D eigenvalue weighted by Gasteiger charge is 2.11. The van der Waals surface area contributed by atoms with E-state index in [9.17, 15) is 8.78 Å². The van der Waals surface area contributed by atoms with Crippen LogP contribution in [-0.4, -0.2) is 4.98 Å². The molecular weight excluding hydrogens is 407 g/mol. The number of aromatic nitrogens is 1. The third kappa shape index (κ3) is 4.55. The molecule has 0 amide bonds. The Morgan fingerprint density at radius 3 is 2.76 bits per heavy atom. The summed E-state index contributed by atoms with van der Waals surface area (Å²) < 4.78 is 31.1. The first-order valence-electron chi connectivity index (χ1n) is 7.01. The van der Waals surface area contributed by atoms with E-state index in [1.165, 1.54) is 29.5 Å². The highest BCUT2D eigenvalue weighted by atomic mass is 35.5. The third-order valence-electron chi connectivity index (χ3n) is 3.22. The maximum atomic E-state index is 14.3. The monoisotopic (exact) mass is 417 g/mol. The standard InChI is InChI=1S/C16H11Cl2F2N3S2/c17-10-3-1-2-9(16(10)20)6-21-13-5-12(19)14(4-11(13)18)25-23-15-7-24-8-22-15/h1-5,7-8,21,23H,6H2. The van der Waals surface area contributed by atoms with E-state index in [4.69, 9.17) is 23.2 Å². The Kier molecular flexibility index (Phi) is 6.01. The molecule has 0 saturated heterocycles. The molecule has 0 spiro atoms. The van der Waals surface area contributed by atoms with Gasteiger partial charge in [0.2, 0.25) is 0 Å². The van der Waals surface area contributed by atoms with Gasteiger partial charge in [-0.1, -0.05) is 35.3 Å². The van der Waals surface area contributed by atoms with E-state index >= 15 is 0 Å². The van der Waals surface area contributed by atoms with Crippen LogP contribution >= 0.6 is 46.5 Å². The van der Waals surface area contributed by atoms with Crippen LogP contribution in [0.1, 0.15) is 5.56 Å². The molecule has 130 valence electrons. The van der Waals surface area contributed by atoms with Crippen LogP contribution in [0, 0.1) is 11.6 Å². The van der Waals surface area contributed by atoms with Crippen LogP contribution in [0.15, 0.2) is 46.1 Å². The van der Waals surface area contributed by atoms with Gasteiger partial charge < -0.3 is 10.0 Å². The minimum Gasteiger partial charge on any atom is -0.380 e. The van der Waals surface area contributed by atoms with Gasteiger partial charge in [-0.3, -0.25) is 0 Å². The molecule has 0 aliphatic heterocycles. The molecule has 2 aromatic carbocycles. The Labute approximate surface area is 161 Å². The predicted octanol–water partition coefficient (Wildman–Crippen LogP) is 6.46. The molecule has 1 aromatic heterocycles. The number of hydrogen-bond acceptors (Lipinski definition) is 5. The summed E-state index contributed by atoms with van der Waals surface area (Å²) in [6.45, 7) is 0.134. The summed E-state index contributed by atoms with van der Waals surface area (Å²) in [7, 11) is 0. The van der Waals surface area contributed by atoms with Crippen LogP contribution in [-0.2, 0) is 6.54 Å². The molecular formula is C16H11Cl2F2N3S2. The highest BCUT2D eigenvalue weighted by molar-refractivity contribution is 8.00. The lowest BCUT2D eigenvalue weighted by atomic mass is 10.2. The molecule has 0 radical (unpaired) electrons. The number of hydrogen-bond donors (Lipinski definition) is 2. The Morgan fingerprint density at radius 1 is 1.16 bits per heavy atom. The smallest absolute Gasteiger partial charge is 0.147 e. The molecule has 0 bridgehead atoms. The largest absolute Gasteiger partial charge is 0.380 e. The summed E-state index contributed by atoms with van der Waals surface area (Å²) in [5, 5.41) is 5.10. The molecule has 0 unspecified atom stereocenters. The molecule has 0 aliphatic carbocycles. The maximum Gasteiger partial charge on any atom is 0.147 e. The van der Waals surface area contributed by atoms with E-state index in [1.807, 2.05) is 5.38 Å². The molecule has 1 heterocycles. The molecule has 0 atom stereocenters. The Hall–Kier alpha value is -1.54. The quantitative estimate of drug-likeness (QED) is 0.451. The number of halogens is 4. The lowest BCUT2D eigenvalue weighted by Gasteiger charge is -2.12. The zero-order valence-corrected chi connectivity index (χ0v) is 15.7. The lowest BCUT2D eigenvalue weighted by Crippen LogP contribution is -2.03. The topological polar surface area (TPSA) is 37.0 Å². The molecule has 0 saturated carbocycles. The molecule has 0 aliphatic rings. The van der Waals surface area contributed by atoms with Crippen molar-refractivity contribution in [2.45, 2.75) is 11.4 Å². The SMILES string of the molecule is Fc1cc(NCc2cccc(Cl)c2F)c(Cl)cc1SNc1cscn1. The summed E-state index contributed by atoms with van der Waals surface area (Å²) in [5.74, 6) is -0.316. The van der Waals surface area contributed by atoms with Gasteiger partial charge in [-0.15, -0.1) is 11.3 Å². The van der Waals surface area contributed by atoms with Gasteiger partial charge in [-0.05, 0) is 30.1 Å². The molecule has 9 heteroatoms. The van der Waals surface area contributed by atoms with Gasteiger partial charge in [0, 0.05) is 17.5 Å². The summed E-state index contributed by atoms with van der Waals surface area (Å²) >= 11 is 14.5. The molecule has 3 rings (SSSR count). The van der Waals surface area contributed by atoms with E-state index in [0.717, 1.165) is 11.9 Å². The maximum absolute atomic E-state index is 14.3. The molecule has 3 aromatic rings. The van der Waals surface area contributed by atoms with Crippen molar-refractivity contribution in [3.05, 3.63) is 68.5 Å². The third-order valence-corrected chi connectivity index (χ3v) is 5.26. The number of thiazole rings is 1. The van der Waals surface area contributed by atoms with E-state index in [2.05, 4.69) is 15.0 Å². The second kappa shape index (κ2) is 8.23.